The Morgan fingerprint density at radius 1 is 1.44 bits per heavy atom. The summed E-state index contributed by atoms with van der Waals surface area (Å²) in [5, 5.41) is 11.0. The van der Waals surface area contributed by atoms with Gasteiger partial charge in [-0.25, -0.2) is 0 Å². The van der Waals surface area contributed by atoms with E-state index in [0.717, 1.165) is 19.4 Å². The summed E-state index contributed by atoms with van der Waals surface area (Å²) in [6.45, 7) is 3.39. The molecule has 100 valence electrons. The Morgan fingerprint density at radius 3 is 2.67 bits per heavy atom. The summed E-state index contributed by atoms with van der Waals surface area (Å²) < 4.78 is 0. The molecule has 1 rings (SSSR count). The van der Waals surface area contributed by atoms with Crippen molar-refractivity contribution >= 4 is 5.69 Å². The van der Waals surface area contributed by atoms with Crippen LogP contribution in [0, 0.1) is 10.1 Å². The van der Waals surface area contributed by atoms with Gasteiger partial charge in [-0.05, 0) is 20.0 Å². The van der Waals surface area contributed by atoms with Crippen LogP contribution < -0.4 is 5.73 Å². The minimum Gasteiger partial charge on any atom is -0.329 e. The first kappa shape index (κ1) is 14.6. The van der Waals surface area contributed by atoms with Crippen molar-refractivity contribution in [1.82, 2.24) is 4.90 Å². The van der Waals surface area contributed by atoms with E-state index < -0.39 is 0 Å². The molecule has 0 bridgehead atoms. The Labute approximate surface area is 108 Å². The second kappa shape index (κ2) is 7.08. The molecule has 0 saturated carbocycles. The third-order valence-electron chi connectivity index (χ3n) is 3.11. The van der Waals surface area contributed by atoms with E-state index in [1.807, 2.05) is 13.1 Å². The van der Waals surface area contributed by atoms with Crippen molar-refractivity contribution in [1.29, 1.82) is 0 Å². The van der Waals surface area contributed by atoms with Crippen LogP contribution in [0.4, 0.5) is 5.69 Å². The van der Waals surface area contributed by atoms with Gasteiger partial charge in [-0.3, -0.25) is 15.0 Å². The predicted octanol–water partition coefficient (Wildman–Crippen LogP) is 2.33. The maximum Gasteiger partial charge on any atom is 0.274 e. The molecule has 0 fully saturated rings. The number of nitrogens with zero attached hydrogens (tertiary/aromatic N) is 2. The van der Waals surface area contributed by atoms with E-state index in [9.17, 15) is 10.1 Å². The number of hydrogen-bond donors (Lipinski definition) is 1. The van der Waals surface area contributed by atoms with Gasteiger partial charge in [-0.15, -0.1) is 0 Å². The summed E-state index contributed by atoms with van der Waals surface area (Å²) >= 11 is 0. The first-order chi connectivity index (χ1) is 8.61. The van der Waals surface area contributed by atoms with Crippen molar-refractivity contribution in [2.45, 2.75) is 25.8 Å². The zero-order valence-electron chi connectivity index (χ0n) is 11.0. The van der Waals surface area contributed by atoms with Crippen LogP contribution in [0.1, 0.15) is 31.4 Å². The second-order valence-corrected chi connectivity index (χ2v) is 4.40. The lowest BCUT2D eigenvalue weighted by Crippen LogP contribution is -2.31. The summed E-state index contributed by atoms with van der Waals surface area (Å²) in [5.74, 6) is 0. The van der Waals surface area contributed by atoms with E-state index in [2.05, 4.69) is 11.8 Å². The fourth-order valence-corrected chi connectivity index (χ4v) is 2.04. The highest BCUT2D eigenvalue weighted by Crippen LogP contribution is 2.27. The van der Waals surface area contributed by atoms with Crippen LogP contribution in [0.25, 0.3) is 0 Å². The summed E-state index contributed by atoms with van der Waals surface area (Å²) in [6.07, 6.45) is 2.16. The molecule has 0 aliphatic heterocycles. The summed E-state index contributed by atoms with van der Waals surface area (Å²) in [4.78, 5) is 12.8. The topological polar surface area (TPSA) is 72.4 Å². The standard InChI is InChI=1S/C13H21N3O2/c1-3-4-9-15(2)13(10-14)11-7-5-6-8-12(11)16(17)18/h5-8,13H,3-4,9-10,14H2,1-2H3. The van der Waals surface area contributed by atoms with Gasteiger partial charge in [0.2, 0.25) is 0 Å². The number of para-hydroxylation sites is 1. The van der Waals surface area contributed by atoms with Gasteiger partial charge in [0.25, 0.3) is 5.69 Å². The number of nitrogens with two attached hydrogens (primary N) is 1. The predicted molar refractivity (Wildman–Crippen MR) is 72.4 cm³/mol. The number of nitro benzene ring substituents is 1. The van der Waals surface area contributed by atoms with Crippen molar-refractivity contribution in [3.8, 4) is 0 Å². The number of nitro groups is 1. The minimum atomic E-state index is -0.342. The first-order valence-corrected chi connectivity index (χ1v) is 6.25. The van der Waals surface area contributed by atoms with Gasteiger partial charge < -0.3 is 5.73 Å². The molecule has 5 heteroatoms. The van der Waals surface area contributed by atoms with Gasteiger partial charge in [0.1, 0.15) is 0 Å². The van der Waals surface area contributed by atoms with Gasteiger partial charge in [-0.1, -0.05) is 31.5 Å². The Bertz CT molecular complexity index is 396. The van der Waals surface area contributed by atoms with E-state index in [0.29, 0.717) is 12.1 Å². The van der Waals surface area contributed by atoms with Crippen LogP contribution in [0.3, 0.4) is 0 Å². The van der Waals surface area contributed by atoms with Crippen LogP contribution in [-0.4, -0.2) is 30.0 Å². The zero-order chi connectivity index (χ0) is 13.5. The van der Waals surface area contributed by atoms with Crippen molar-refractivity contribution < 1.29 is 4.92 Å². The van der Waals surface area contributed by atoms with E-state index in [1.54, 1.807) is 12.1 Å². The average Bonchev–Trinajstić information content (AvgIpc) is 2.37. The molecule has 1 atom stereocenters. The smallest absolute Gasteiger partial charge is 0.274 e. The fourth-order valence-electron chi connectivity index (χ4n) is 2.04. The van der Waals surface area contributed by atoms with Gasteiger partial charge in [-0.2, -0.15) is 0 Å². The summed E-state index contributed by atoms with van der Waals surface area (Å²) in [6, 6.07) is 6.72. The number of hydrogen-bond acceptors (Lipinski definition) is 4. The highest BCUT2D eigenvalue weighted by Gasteiger charge is 2.23. The number of benzene rings is 1. The lowest BCUT2D eigenvalue weighted by molar-refractivity contribution is -0.386. The van der Waals surface area contributed by atoms with Crippen molar-refractivity contribution in [2.75, 3.05) is 20.1 Å². The third-order valence-corrected chi connectivity index (χ3v) is 3.11. The second-order valence-electron chi connectivity index (χ2n) is 4.40. The van der Waals surface area contributed by atoms with Crippen LogP contribution in [-0.2, 0) is 0 Å². The minimum absolute atomic E-state index is 0.0989. The van der Waals surface area contributed by atoms with Crippen LogP contribution in [0.5, 0.6) is 0 Å². The molecule has 2 N–H and O–H groups in total. The molecule has 0 spiro atoms. The first-order valence-electron chi connectivity index (χ1n) is 6.25. The zero-order valence-corrected chi connectivity index (χ0v) is 11.0. The molecular formula is C13H21N3O2. The van der Waals surface area contributed by atoms with E-state index in [-0.39, 0.29) is 16.7 Å². The lowest BCUT2D eigenvalue weighted by atomic mass is 10.0. The van der Waals surface area contributed by atoms with Crippen LogP contribution in [0.2, 0.25) is 0 Å². The molecule has 1 aromatic carbocycles. The molecule has 0 amide bonds. The number of unbranched alkanes of at least 4 members (excludes halogenated alkanes) is 1. The molecule has 0 radical (unpaired) electrons. The lowest BCUT2D eigenvalue weighted by Gasteiger charge is -2.26. The Balaban J connectivity index is 2.97. The average molecular weight is 251 g/mol. The molecule has 18 heavy (non-hydrogen) atoms. The molecule has 1 unspecified atom stereocenters. The quantitative estimate of drug-likeness (QED) is 0.596. The number of likely N-dealkylation sites (N-methyl/N-ethyl adjacent to an activating group) is 1. The van der Waals surface area contributed by atoms with Gasteiger partial charge >= 0.3 is 0 Å². The van der Waals surface area contributed by atoms with Crippen LogP contribution in [0.15, 0.2) is 24.3 Å². The highest BCUT2D eigenvalue weighted by atomic mass is 16.6. The normalized spacial score (nSPS) is 12.7. The molecule has 0 aliphatic carbocycles. The van der Waals surface area contributed by atoms with E-state index in [4.69, 9.17) is 5.73 Å². The molecule has 0 aromatic heterocycles. The Kier molecular flexibility index (Phi) is 5.74. The third kappa shape index (κ3) is 3.51. The molecule has 1 aromatic rings. The SMILES string of the molecule is CCCCN(C)C(CN)c1ccccc1[N+](=O)[O-]. The molecule has 0 saturated heterocycles. The van der Waals surface area contributed by atoms with Crippen molar-refractivity contribution in [3.63, 3.8) is 0 Å². The van der Waals surface area contributed by atoms with Crippen molar-refractivity contribution in [2.24, 2.45) is 5.73 Å². The van der Waals surface area contributed by atoms with E-state index >= 15 is 0 Å². The molecular weight excluding hydrogens is 230 g/mol. The number of rotatable bonds is 7. The van der Waals surface area contributed by atoms with Crippen molar-refractivity contribution in [3.05, 3.63) is 39.9 Å². The fraction of sp³-hybridized carbons (Fsp3) is 0.538. The Hall–Kier alpha value is -1.46. The van der Waals surface area contributed by atoms with Gasteiger partial charge in [0.15, 0.2) is 0 Å². The maximum absolute atomic E-state index is 11.0. The largest absolute Gasteiger partial charge is 0.329 e. The van der Waals surface area contributed by atoms with Crippen LogP contribution >= 0.6 is 0 Å². The van der Waals surface area contributed by atoms with E-state index in [1.165, 1.54) is 6.07 Å². The summed E-state index contributed by atoms with van der Waals surface area (Å²) in [7, 11) is 1.96. The van der Waals surface area contributed by atoms with Gasteiger partial charge in [0, 0.05) is 18.2 Å². The van der Waals surface area contributed by atoms with Gasteiger partial charge in [0.05, 0.1) is 11.0 Å². The molecule has 0 heterocycles. The summed E-state index contributed by atoms with van der Waals surface area (Å²) in [5.41, 5.74) is 6.63. The molecule has 5 nitrogen and oxygen atoms in total. The monoisotopic (exact) mass is 251 g/mol. The highest BCUT2D eigenvalue weighted by molar-refractivity contribution is 5.42. The molecule has 0 aliphatic rings. The Morgan fingerprint density at radius 2 is 2.11 bits per heavy atom. The maximum atomic E-state index is 11.0.